The van der Waals surface area contributed by atoms with Gasteiger partial charge in [-0.15, -0.1) is 0 Å². The van der Waals surface area contributed by atoms with Crippen molar-refractivity contribution in [3.05, 3.63) is 11.9 Å². The van der Waals surface area contributed by atoms with Gasteiger partial charge in [-0.1, -0.05) is 33.6 Å². The summed E-state index contributed by atoms with van der Waals surface area (Å²) in [4.78, 5) is 11.7. The van der Waals surface area contributed by atoms with Crippen LogP contribution in [0.4, 0.5) is 11.6 Å². The molecule has 1 aromatic rings. The van der Waals surface area contributed by atoms with Gasteiger partial charge in [-0.2, -0.15) is 0 Å². The molecule has 2 atom stereocenters. The lowest BCUT2D eigenvalue weighted by atomic mass is 9.85. The Morgan fingerprint density at radius 1 is 1.24 bits per heavy atom. The summed E-state index contributed by atoms with van der Waals surface area (Å²) in [5, 5.41) is 3.40. The van der Waals surface area contributed by atoms with Gasteiger partial charge in [-0.05, 0) is 25.2 Å². The van der Waals surface area contributed by atoms with Gasteiger partial charge in [-0.3, -0.25) is 0 Å². The van der Waals surface area contributed by atoms with E-state index in [1.807, 2.05) is 0 Å². The Labute approximate surface area is 129 Å². The Kier molecular flexibility index (Phi) is 5.83. The van der Waals surface area contributed by atoms with Crippen molar-refractivity contribution in [1.82, 2.24) is 9.97 Å². The molecular formula is C17H30N4. The first-order valence-corrected chi connectivity index (χ1v) is 8.50. The molecule has 1 saturated carbocycles. The number of hydrogen-bond acceptors (Lipinski definition) is 4. The van der Waals surface area contributed by atoms with E-state index in [-0.39, 0.29) is 0 Å². The summed E-state index contributed by atoms with van der Waals surface area (Å²) in [5.74, 6) is 3.71. The fourth-order valence-electron chi connectivity index (χ4n) is 3.21. The normalized spacial score (nSPS) is 22.1. The van der Waals surface area contributed by atoms with Gasteiger partial charge in [0.15, 0.2) is 0 Å². The minimum absolute atomic E-state index is 0.609. The summed E-state index contributed by atoms with van der Waals surface area (Å²) < 4.78 is 0. The maximum Gasteiger partial charge on any atom is 0.134 e. The van der Waals surface area contributed by atoms with Gasteiger partial charge in [0.2, 0.25) is 0 Å². The zero-order chi connectivity index (χ0) is 15.2. The highest BCUT2D eigenvalue weighted by molar-refractivity contribution is 5.49. The minimum Gasteiger partial charge on any atom is -0.370 e. The second-order valence-electron chi connectivity index (χ2n) is 6.25. The molecule has 0 spiro atoms. The summed E-state index contributed by atoms with van der Waals surface area (Å²) in [5.41, 5.74) is 0. The monoisotopic (exact) mass is 290 g/mol. The Morgan fingerprint density at radius 2 is 2.00 bits per heavy atom. The van der Waals surface area contributed by atoms with E-state index in [9.17, 15) is 0 Å². The smallest absolute Gasteiger partial charge is 0.134 e. The molecule has 118 valence electrons. The van der Waals surface area contributed by atoms with Crippen LogP contribution >= 0.6 is 0 Å². The molecule has 0 bridgehead atoms. The molecule has 1 heterocycles. The molecule has 2 unspecified atom stereocenters. The number of aromatic nitrogens is 2. The van der Waals surface area contributed by atoms with Crippen LogP contribution in [0, 0.1) is 5.92 Å². The highest BCUT2D eigenvalue weighted by Gasteiger charge is 2.26. The third kappa shape index (κ3) is 4.08. The predicted octanol–water partition coefficient (Wildman–Crippen LogP) is 3.88. The predicted molar refractivity (Wildman–Crippen MR) is 90.0 cm³/mol. The average Bonchev–Trinajstić information content (AvgIpc) is 2.52. The van der Waals surface area contributed by atoms with Crippen molar-refractivity contribution >= 4 is 11.6 Å². The maximum absolute atomic E-state index is 4.74. The number of anilines is 2. The SMILES string of the molecule is CCCNc1cc(N(C)C2CCCCC2C)nc(CC)n1. The summed E-state index contributed by atoms with van der Waals surface area (Å²) in [6, 6.07) is 2.72. The highest BCUT2D eigenvalue weighted by atomic mass is 15.2. The third-order valence-corrected chi connectivity index (χ3v) is 4.56. The molecule has 1 N–H and O–H groups in total. The van der Waals surface area contributed by atoms with Crippen molar-refractivity contribution in [1.29, 1.82) is 0 Å². The molecule has 0 radical (unpaired) electrons. The van der Waals surface area contributed by atoms with Crippen LogP contribution in [0.25, 0.3) is 0 Å². The van der Waals surface area contributed by atoms with Crippen molar-refractivity contribution in [3.8, 4) is 0 Å². The van der Waals surface area contributed by atoms with Gasteiger partial charge < -0.3 is 10.2 Å². The van der Waals surface area contributed by atoms with Crippen LogP contribution < -0.4 is 10.2 Å². The molecule has 1 aliphatic rings. The highest BCUT2D eigenvalue weighted by Crippen LogP contribution is 2.30. The van der Waals surface area contributed by atoms with Crippen LogP contribution in [-0.4, -0.2) is 29.6 Å². The summed E-state index contributed by atoms with van der Waals surface area (Å²) in [6.45, 7) is 7.62. The average molecular weight is 290 g/mol. The maximum atomic E-state index is 4.74. The molecule has 0 amide bonds. The van der Waals surface area contributed by atoms with Crippen LogP contribution in [0.15, 0.2) is 6.07 Å². The Hall–Kier alpha value is -1.32. The zero-order valence-corrected chi connectivity index (χ0v) is 14.0. The standard InChI is InChI=1S/C17H30N4/c1-5-11-18-16-12-17(20-15(6-2)19-16)21(4)14-10-8-7-9-13(14)3/h12-14H,5-11H2,1-4H3,(H,18,19,20). The number of nitrogens with zero attached hydrogens (tertiary/aromatic N) is 3. The first-order valence-electron chi connectivity index (χ1n) is 8.50. The Bertz CT molecular complexity index is 446. The van der Waals surface area contributed by atoms with Crippen LogP contribution in [0.1, 0.15) is 58.7 Å². The van der Waals surface area contributed by atoms with Gasteiger partial charge in [0.1, 0.15) is 17.5 Å². The summed E-state index contributed by atoms with van der Waals surface area (Å²) in [7, 11) is 2.19. The van der Waals surface area contributed by atoms with E-state index >= 15 is 0 Å². The van der Waals surface area contributed by atoms with Crippen molar-refractivity contribution in [3.63, 3.8) is 0 Å². The van der Waals surface area contributed by atoms with E-state index < -0.39 is 0 Å². The fourth-order valence-corrected chi connectivity index (χ4v) is 3.21. The van der Waals surface area contributed by atoms with E-state index in [0.29, 0.717) is 6.04 Å². The van der Waals surface area contributed by atoms with Crippen LogP contribution in [-0.2, 0) is 6.42 Å². The Balaban J connectivity index is 2.19. The second-order valence-corrected chi connectivity index (χ2v) is 6.25. The number of nitrogens with one attached hydrogen (secondary N) is 1. The summed E-state index contributed by atoms with van der Waals surface area (Å²) in [6.07, 6.45) is 7.31. The van der Waals surface area contributed by atoms with Gasteiger partial charge in [0.05, 0.1) is 0 Å². The molecular weight excluding hydrogens is 260 g/mol. The number of rotatable bonds is 6. The number of aryl methyl sites for hydroxylation is 1. The number of hydrogen-bond donors (Lipinski definition) is 1. The van der Waals surface area contributed by atoms with Gasteiger partial charge in [-0.25, -0.2) is 9.97 Å². The molecule has 0 aliphatic heterocycles. The Morgan fingerprint density at radius 3 is 2.67 bits per heavy atom. The van der Waals surface area contributed by atoms with E-state index in [1.165, 1.54) is 25.7 Å². The lowest BCUT2D eigenvalue weighted by Crippen LogP contribution is -2.39. The van der Waals surface area contributed by atoms with Crippen molar-refractivity contribution in [2.45, 2.75) is 65.3 Å². The molecule has 4 nitrogen and oxygen atoms in total. The van der Waals surface area contributed by atoms with E-state index in [1.54, 1.807) is 0 Å². The minimum atomic E-state index is 0.609. The molecule has 1 aliphatic carbocycles. The van der Waals surface area contributed by atoms with Crippen LogP contribution in [0.2, 0.25) is 0 Å². The van der Waals surface area contributed by atoms with Crippen LogP contribution in [0.5, 0.6) is 0 Å². The largest absolute Gasteiger partial charge is 0.370 e. The molecule has 0 saturated heterocycles. The van der Waals surface area contributed by atoms with E-state index in [2.05, 4.69) is 49.1 Å². The quantitative estimate of drug-likeness (QED) is 0.863. The molecule has 21 heavy (non-hydrogen) atoms. The molecule has 1 fully saturated rings. The molecule has 2 rings (SSSR count). The first kappa shape index (κ1) is 16.1. The lowest BCUT2D eigenvalue weighted by molar-refractivity contribution is 0.320. The zero-order valence-electron chi connectivity index (χ0n) is 14.0. The second kappa shape index (κ2) is 7.62. The van der Waals surface area contributed by atoms with E-state index in [4.69, 9.17) is 4.98 Å². The van der Waals surface area contributed by atoms with Crippen molar-refractivity contribution in [2.75, 3.05) is 23.8 Å². The van der Waals surface area contributed by atoms with Crippen LogP contribution in [0.3, 0.4) is 0 Å². The van der Waals surface area contributed by atoms with Gasteiger partial charge >= 0.3 is 0 Å². The lowest BCUT2D eigenvalue weighted by Gasteiger charge is -2.37. The first-order chi connectivity index (χ1) is 10.2. The summed E-state index contributed by atoms with van der Waals surface area (Å²) >= 11 is 0. The van der Waals surface area contributed by atoms with E-state index in [0.717, 1.165) is 42.8 Å². The van der Waals surface area contributed by atoms with Crippen molar-refractivity contribution < 1.29 is 0 Å². The molecule has 1 aromatic heterocycles. The third-order valence-electron chi connectivity index (χ3n) is 4.56. The van der Waals surface area contributed by atoms with Crippen molar-refractivity contribution in [2.24, 2.45) is 5.92 Å². The topological polar surface area (TPSA) is 41.0 Å². The van der Waals surface area contributed by atoms with Gasteiger partial charge in [0, 0.05) is 32.1 Å². The van der Waals surface area contributed by atoms with Gasteiger partial charge in [0.25, 0.3) is 0 Å². The molecule has 4 heteroatoms. The fraction of sp³-hybridized carbons (Fsp3) is 0.765. The molecule has 0 aromatic carbocycles.